The van der Waals surface area contributed by atoms with Gasteiger partial charge in [-0.15, -0.1) is 0 Å². The molecule has 2 N–H and O–H groups in total. The van der Waals surface area contributed by atoms with E-state index >= 15 is 0 Å². The molecule has 3 aromatic carbocycles. The molecule has 3 rings (SSSR count). The van der Waals surface area contributed by atoms with Gasteiger partial charge in [0.25, 0.3) is 17.5 Å². The van der Waals surface area contributed by atoms with Crippen LogP contribution in [0.25, 0.3) is 0 Å². The van der Waals surface area contributed by atoms with E-state index in [1.54, 1.807) is 12.1 Å². The van der Waals surface area contributed by atoms with Crippen LogP contribution in [0.3, 0.4) is 0 Å². The SMILES string of the molecule is O=C(NN=Cc1ccc(F)cc1)c1ccc(NC(=O)c2ccc([N+](=O)[O-])cc2)cc1. The monoisotopic (exact) mass is 406 g/mol. The second-order valence-electron chi connectivity index (χ2n) is 6.09. The maximum atomic E-state index is 12.8. The normalized spacial score (nSPS) is 10.6. The molecule has 0 bridgehead atoms. The van der Waals surface area contributed by atoms with Crippen LogP contribution in [0.15, 0.2) is 77.9 Å². The third kappa shape index (κ3) is 5.32. The van der Waals surface area contributed by atoms with Crippen molar-refractivity contribution in [2.75, 3.05) is 5.32 Å². The summed E-state index contributed by atoms with van der Waals surface area (Å²) >= 11 is 0. The van der Waals surface area contributed by atoms with E-state index in [-0.39, 0.29) is 17.1 Å². The second kappa shape index (κ2) is 9.20. The van der Waals surface area contributed by atoms with Crippen molar-refractivity contribution in [2.24, 2.45) is 5.10 Å². The van der Waals surface area contributed by atoms with Crippen molar-refractivity contribution in [3.05, 3.63) is 105 Å². The van der Waals surface area contributed by atoms with Crippen molar-refractivity contribution < 1.29 is 18.9 Å². The number of nitro benzene ring substituents is 1. The van der Waals surface area contributed by atoms with Gasteiger partial charge >= 0.3 is 0 Å². The number of nitrogens with one attached hydrogen (secondary N) is 2. The molecule has 0 fully saturated rings. The molecule has 0 saturated heterocycles. The standard InChI is InChI=1S/C21H15FN4O4/c22-17-7-1-14(2-8-17)13-23-25-21(28)16-3-9-18(10-4-16)24-20(27)15-5-11-19(12-6-15)26(29)30/h1-13H,(H,24,27)(H,25,28). The Balaban J connectivity index is 1.57. The molecule has 0 heterocycles. The van der Waals surface area contributed by atoms with Crippen LogP contribution in [0.5, 0.6) is 0 Å². The first-order valence-electron chi connectivity index (χ1n) is 8.67. The summed E-state index contributed by atoms with van der Waals surface area (Å²) in [6, 6.07) is 16.9. The van der Waals surface area contributed by atoms with E-state index in [9.17, 15) is 24.1 Å². The number of carbonyl (C=O) groups excluding carboxylic acids is 2. The average Bonchev–Trinajstić information content (AvgIpc) is 2.75. The van der Waals surface area contributed by atoms with Gasteiger partial charge in [0.05, 0.1) is 11.1 Å². The van der Waals surface area contributed by atoms with Gasteiger partial charge in [0.1, 0.15) is 5.82 Å². The second-order valence-corrected chi connectivity index (χ2v) is 6.09. The minimum Gasteiger partial charge on any atom is -0.322 e. The largest absolute Gasteiger partial charge is 0.322 e. The van der Waals surface area contributed by atoms with Gasteiger partial charge in [-0.1, -0.05) is 12.1 Å². The van der Waals surface area contributed by atoms with Crippen molar-refractivity contribution in [1.82, 2.24) is 5.43 Å². The van der Waals surface area contributed by atoms with E-state index in [1.165, 1.54) is 66.9 Å². The number of benzene rings is 3. The molecule has 9 heteroatoms. The predicted octanol–water partition coefficient (Wildman–Crippen LogP) is 3.75. The van der Waals surface area contributed by atoms with Gasteiger partial charge in [0.2, 0.25) is 0 Å². The summed E-state index contributed by atoms with van der Waals surface area (Å²) < 4.78 is 12.8. The lowest BCUT2D eigenvalue weighted by molar-refractivity contribution is -0.384. The lowest BCUT2D eigenvalue weighted by atomic mass is 10.1. The Morgan fingerprint density at radius 3 is 2.03 bits per heavy atom. The number of nitro groups is 1. The fourth-order valence-electron chi connectivity index (χ4n) is 2.42. The van der Waals surface area contributed by atoms with E-state index in [0.717, 1.165) is 0 Å². The minimum absolute atomic E-state index is 0.107. The zero-order chi connectivity index (χ0) is 21.5. The predicted molar refractivity (Wildman–Crippen MR) is 109 cm³/mol. The fourth-order valence-corrected chi connectivity index (χ4v) is 2.42. The molecule has 0 aliphatic heterocycles. The fraction of sp³-hybridized carbons (Fsp3) is 0. The molecule has 30 heavy (non-hydrogen) atoms. The molecule has 0 aliphatic rings. The molecule has 0 radical (unpaired) electrons. The topological polar surface area (TPSA) is 114 Å². The molecule has 3 aromatic rings. The average molecular weight is 406 g/mol. The van der Waals surface area contributed by atoms with Crippen LogP contribution < -0.4 is 10.7 Å². The number of rotatable bonds is 6. The summed E-state index contributed by atoms with van der Waals surface area (Å²) in [5, 5.41) is 17.1. The lowest BCUT2D eigenvalue weighted by Gasteiger charge is -2.06. The zero-order valence-electron chi connectivity index (χ0n) is 15.4. The number of halogens is 1. The van der Waals surface area contributed by atoms with E-state index in [0.29, 0.717) is 16.8 Å². The number of hydrazone groups is 1. The molecule has 0 aromatic heterocycles. The third-order valence-electron chi connectivity index (χ3n) is 3.99. The van der Waals surface area contributed by atoms with Gasteiger partial charge in [-0.2, -0.15) is 5.10 Å². The summed E-state index contributed by atoms with van der Waals surface area (Å²) in [6.45, 7) is 0. The Hall–Kier alpha value is -4.40. The summed E-state index contributed by atoms with van der Waals surface area (Å²) in [7, 11) is 0. The molecule has 0 saturated carbocycles. The molecule has 0 spiro atoms. The third-order valence-corrected chi connectivity index (χ3v) is 3.99. The molecule has 8 nitrogen and oxygen atoms in total. The summed E-state index contributed by atoms with van der Waals surface area (Å²) in [4.78, 5) is 34.4. The van der Waals surface area contributed by atoms with Crippen LogP contribution >= 0.6 is 0 Å². The first-order valence-corrected chi connectivity index (χ1v) is 8.67. The van der Waals surface area contributed by atoms with Crippen molar-refractivity contribution in [3.63, 3.8) is 0 Å². The summed E-state index contributed by atoms with van der Waals surface area (Å²) in [6.07, 6.45) is 1.39. The zero-order valence-corrected chi connectivity index (χ0v) is 15.4. The van der Waals surface area contributed by atoms with Gasteiger partial charge in [-0.25, -0.2) is 9.82 Å². The van der Waals surface area contributed by atoms with Gasteiger partial charge in [0, 0.05) is 28.9 Å². The Morgan fingerprint density at radius 2 is 1.43 bits per heavy atom. The van der Waals surface area contributed by atoms with Crippen molar-refractivity contribution in [3.8, 4) is 0 Å². The first kappa shape index (κ1) is 20.3. The minimum atomic E-state index is -0.546. The van der Waals surface area contributed by atoms with Crippen LogP contribution in [-0.2, 0) is 0 Å². The highest BCUT2D eigenvalue weighted by atomic mass is 19.1. The highest BCUT2D eigenvalue weighted by Crippen LogP contribution is 2.15. The summed E-state index contributed by atoms with van der Waals surface area (Å²) in [5.74, 6) is -1.26. The number of hydrogen-bond donors (Lipinski definition) is 2. The Kier molecular flexibility index (Phi) is 6.23. The van der Waals surface area contributed by atoms with Crippen LogP contribution in [-0.4, -0.2) is 23.0 Å². The van der Waals surface area contributed by atoms with Gasteiger partial charge in [-0.3, -0.25) is 19.7 Å². The highest BCUT2D eigenvalue weighted by Gasteiger charge is 2.10. The van der Waals surface area contributed by atoms with Crippen LogP contribution in [0.1, 0.15) is 26.3 Å². The number of anilines is 1. The van der Waals surface area contributed by atoms with Crippen molar-refractivity contribution in [1.29, 1.82) is 0 Å². The molecule has 0 unspecified atom stereocenters. The smallest absolute Gasteiger partial charge is 0.271 e. The summed E-state index contributed by atoms with van der Waals surface area (Å²) in [5.41, 5.74) is 3.90. The molecule has 150 valence electrons. The number of carbonyl (C=O) groups is 2. The highest BCUT2D eigenvalue weighted by molar-refractivity contribution is 6.04. The lowest BCUT2D eigenvalue weighted by Crippen LogP contribution is -2.17. The van der Waals surface area contributed by atoms with Crippen LogP contribution in [0.2, 0.25) is 0 Å². The van der Waals surface area contributed by atoms with Crippen molar-refractivity contribution in [2.45, 2.75) is 0 Å². The Morgan fingerprint density at radius 1 is 0.867 bits per heavy atom. The Labute approximate surface area is 170 Å². The van der Waals surface area contributed by atoms with E-state index in [1.807, 2.05) is 0 Å². The van der Waals surface area contributed by atoms with E-state index in [2.05, 4.69) is 15.8 Å². The number of hydrogen-bond acceptors (Lipinski definition) is 5. The van der Waals surface area contributed by atoms with E-state index < -0.39 is 16.7 Å². The molecule has 0 aliphatic carbocycles. The number of non-ortho nitro benzene ring substituents is 1. The van der Waals surface area contributed by atoms with Crippen LogP contribution in [0.4, 0.5) is 15.8 Å². The number of amides is 2. The maximum Gasteiger partial charge on any atom is 0.271 e. The quantitative estimate of drug-likeness (QED) is 0.369. The molecule has 2 amide bonds. The van der Waals surface area contributed by atoms with Crippen LogP contribution in [0, 0.1) is 15.9 Å². The molecular weight excluding hydrogens is 391 g/mol. The van der Waals surface area contributed by atoms with Gasteiger partial charge < -0.3 is 5.32 Å². The Bertz CT molecular complexity index is 1100. The molecular formula is C21H15FN4O4. The van der Waals surface area contributed by atoms with Gasteiger partial charge in [0.15, 0.2) is 0 Å². The molecule has 0 atom stereocenters. The number of nitrogens with zero attached hydrogens (tertiary/aromatic N) is 2. The van der Waals surface area contributed by atoms with Gasteiger partial charge in [-0.05, 0) is 54.1 Å². The maximum absolute atomic E-state index is 12.8. The van der Waals surface area contributed by atoms with Crippen molar-refractivity contribution >= 4 is 29.4 Å². The van der Waals surface area contributed by atoms with E-state index in [4.69, 9.17) is 0 Å². The first-order chi connectivity index (χ1) is 14.4.